The van der Waals surface area contributed by atoms with Gasteiger partial charge in [0.15, 0.2) is 0 Å². The molecule has 20 heavy (non-hydrogen) atoms. The molecule has 0 spiro atoms. The monoisotopic (exact) mass is 292 g/mol. The summed E-state index contributed by atoms with van der Waals surface area (Å²) in [5, 5.41) is 12.3. The quantitative estimate of drug-likeness (QED) is 0.940. The minimum absolute atomic E-state index is 0.199. The molecule has 108 valence electrons. The average molecular weight is 292 g/mol. The zero-order valence-corrected chi connectivity index (χ0v) is 12.7. The van der Waals surface area contributed by atoms with E-state index in [4.69, 9.17) is 4.42 Å². The van der Waals surface area contributed by atoms with E-state index in [2.05, 4.69) is 9.88 Å². The summed E-state index contributed by atoms with van der Waals surface area (Å²) in [7, 11) is 0. The lowest BCUT2D eigenvalue weighted by molar-refractivity contribution is -0.00537. The summed E-state index contributed by atoms with van der Waals surface area (Å²) in [6, 6.07) is 4.20. The molecule has 1 aliphatic heterocycles. The van der Waals surface area contributed by atoms with Crippen molar-refractivity contribution in [2.45, 2.75) is 44.9 Å². The van der Waals surface area contributed by atoms with Crippen molar-refractivity contribution in [2.24, 2.45) is 0 Å². The Bertz CT molecular complexity index is 557. The van der Waals surface area contributed by atoms with Gasteiger partial charge in [0.05, 0.1) is 16.2 Å². The van der Waals surface area contributed by atoms with Crippen molar-refractivity contribution in [2.75, 3.05) is 6.54 Å². The van der Waals surface area contributed by atoms with Crippen LogP contribution >= 0.6 is 11.3 Å². The molecule has 1 atom stereocenters. The highest BCUT2D eigenvalue weighted by Gasteiger charge is 2.36. The third-order valence-electron chi connectivity index (χ3n) is 3.83. The highest BCUT2D eigenvalue weighted by Crippen LogP contribution is 2.29. The van der Waals surface area contributed by atoms with Crippen molar-refractivity contribution in [1.29, 1.82) is 0 Å². The number of nitrogens with zero attached hydrogens (tertiary/aromatic N) is 2. The lowest BCUT2D eigenvalue weighted by Gasteiger charge is -2.33. The van der Waals surface area contributed by atoms with Crippen molar-refractivity contribution in [3.8, 4) is 10.8 Å². The molecule has 0 radical (unpaired) electrons. The third-order valence-corrected chi connectivity index (χ3v) is 4.69. The second-order valence-corrected chi connectivity index (χ2v) is 6.85. The van der Waals surface area contributed by atoms with Crippen LogP contribution in [0.2, 0.25) is 0 Å². The number of thiophene rings is 1. The van der Waals surface area contributed by atoms with Crippen molar-refractivity contribution in [3.63, 3.8) is 0 Å². The van der Waals surface area contributed by atoms with Gasteiger partial charge < -0.3 is 9.52 Å². The molecule has 1 saturated heterocycles. The average Bonchev–Trinajstić information content (AvgIpc) is 3.08. The van der Waals surface area contributed by atoms with Gasteiger partial charge in [-0.15, -0.1) is 11.3 Å². The first kappa shape index (κ1) is 13.8. The van der Waals surface area contributed by atoms with E-state index in [0.29, 0.717) is 5.89 Å². The molecule has 0 aliphatic carbocycles. The standard InChI is InChI=1S/C15H20N2O2S/c1-15(2,18)13-6-3-7-17(13)9-11-10-19-14(16-11)12-5-4-8-20-12/h4-5,8,10,13,18H,3,6-7,9H2,1-2H3. The summed E-state index contributed by atoms with van der Waals surface area (Å²) in [6.45, 7) is 5.52. The maximum Gasteiger partial charge on any atom is 0.236 e. The van der Waals surface area contributed by atoms with Crippen LogP contribution in [-0.2, 0) is 6.54 Å². The first-order chi connectivity index (χ1) is 9.54. The lowest BCUT2D eigenvalue weighted by Crippen LogP contribution is -2.45. The van der Waals surface area contributed by atoms with E-state index in [1.54, 1.807) is 17.6 Å². The maximum atomic E-state index is 10.2. The minimum Gasteiger partial charge on any atom is -0.444 e. The van der Waals surface area contributed by atoms with E-state index >= 15 is 0 Å². The van der Waals surface area contributed by atoms with Crippen LogP contribution in [0.4, 0.5) is 0 Å². The molecule has 1 N–H and O–H groups in total. The Balaban J connectivity index is 1.72. The molecule has 0 amide bonds. The van der Waals surface area contributed by atoms with Gasteiger partial charge in [0.25, 0.3) is 0 Å². The first-order valence-electron chi connectivity index (χ1n) is 6.99. The van der Waals surface area contributed by atoms with Crippen LogP contribution < -0.4 is 0 Å². The van der Waals surface area contributed by atoms with Gasteiger partial charge >= 0.3 is 0 Å². The number of aromatic nitrogens is 1. The van der Waals surface area contributed by atoms with Crippen LogP contribution in [0.3, 0.4) is 0 Å². The summed E-state index contributed by atoms with van der Waals surface area (Å²) < 4.78 is 5.55. The summed E-state index contributed by atoms with van der Waals surface area (Å²) in [5.74, 6) is 0.689. The van der Waals surface area contributed by atoms with Crippen LogP contribution in [0.1, 0.15) is 32.4 Å². The molecule has 1 fully saturated rings. The topological polar surface area (TPSA) is 49.5 Å². The van der Waals surface area contributed by atoms with Crippen LogP contribution in [-0.4, -0.2) is 33.2 Å². The van der Waals surface area contributed by atoms with Gasteiger partial charge in [-0.25, -0.2) is 4.98 Å². The van der Waals surface area contributed by atoms with Gasteiger partial charge in [0.2, 0.25) is 5.89 Å². The van der Waals surface area contributed by atoms with Gasteiger partial charge in [-0.3, -0.25) is 4.90 Å². The Kier molecular flexibility index (Phi) is 3.67. The van der Waals surface area contributed by atoms with Gasteiger partial charge in [0, 0.05) is 12.6 Å². The van der Waals surface area contributed by atoms with Crippen molar-refractivity contribution in [1.82, 2.24) is 9.88 Å². The molecule has 5 heteroatoms. The van der Waals surface area contributed by atoms with E-state index in [1.807, 2.05) is 31.4 Å². The summed E-state index contributed by atoms with van der Waals surface area (Å²) in [4.78, 5) is 7.91. The Hall–Kier alpha value is -1.17. The largest absolute Gasteiger partial charge is 0.444 e. The normalized spacial score (nSPS) is 20.6. The molecular formula is C15H20N2O2S. The zero-order valence-electron chi connectivity index (χ0n) is 11.9. The molecule has 2 aromatic rings. The highest BCUT2D eigenvalue weighted by atomic mass is 32.1. The molecule has 1 aliphatic rings. The van der Waals surface area contributed by atoms with Crippen molar-refractivity contribution in [3.05, 3.63) is 29.5 Å². The van der Waals surface area contributed by atoms with E-state index in [9.17, 15) is 5.11 Å². The van der Waals surface area contributed by atoms with E-state index < -0.39 is 5.60 Å². The molecule has 3 heterocycles. The number of hydrogen-bond donors (Lipinski definition) is 1. The fourth-order valence-electron chi connectivity index (χ4n) is 2.92. The number of oxazole rings is 1. The second kappa shape index (κ2) is 5.31. The van der Waals surface area contributed by atoms with Gasteiger partial charge in [-0.1, -0.05) is 6.07 Å². The molecule has 4 nitrogen and oxygen atoms in total. The summed E-state index contributed by atoms with van der Waals surface area (Å²) >= 11 is 1.63. The molecule has 3 rings (SSSR count). The van der Waals surface area contributed by atoms with Crippen molar-refractivity contribution < 1.29 is 9.52 Å². The van der Waals surface area contributed by atoms with Gasteiger partial charge in [-0.05, 0) is 44.7 Å². The molecule has 1 unspecified atom stereocenters. The molecule has 2 aromatic heterocycles. The van der Waals surface area contributed by atoms with E-state index in [1.165, 1.54) is 0 Å². The summed E-state index contributed by atoms with van der Waals surface area (Å²) in [5.41, 5.74) is 0.265. The molecular weight excluding hydrogens is 272 g/mol. The predicted molar refractivity (Wildman–Crippen MR) is 79.5 cm³/mol. The van der Waals surface area contributed by atoms with Crippen LogP contribution in [0.25, 0.3) is 10.8 Å². The third kappa shape index (κ3) is 2.80. The Labute approximate surface area is 123 Å². The number of aliphatic hydroxyl groups is 1. The first-order valence-corrected chi connectivity index (χ1v) is 7.87. The lowest BCUT2D eigenvalue weighted by atomic mass is 9.96. The van der Waals surface area contributed by atoms with Crippen molar-refractivity contribution >= 4 is 11.3 Å². The maximum absolute atomic E-state index is 10.2. The van der Waals surface area contributed by atoms with Gasteiger partial charge in [-0.2, -0.15) is 0 Å². The second-order valence-electron chi connectivity index (χ2n) is 5.90. The van der Waals surface area contributed by atoms with Gasteiger partial charge in [0.1, 0.15) is 6.26 Å². The van der Waals surface area contributed by atoms with Crippen LogP contribution in [0, 0.1) is 0 Å². The fraction of sp³-hybridized carbons (Fsp3) is 0.533. The molecule has 0 aromatic carbocycles. The smallest absolute Gasteiger partial charge is 0.236 e. The van der Waals surface area contributed by atoms with Crippen LogP contribution in [0.5, 0.6) is 0 Å². The molecule has 0 bridgehead atoms. The zero-order chi connectivity index (χ0) is 14.2. The fourth-order valence-corrected chi connectivity index (χ4v) is 3.57. The molecule has 0 saturated carbocycles. The summed E-state index contributed by atoms with van der Waals surface area (Å²) in [6.07, 6.45) is 3.90. The Morgan fingerprint density at radius 1 is 1.55 bits per heavy atom. The van der Waals surface area contributed by atoms with Crippen LogP contribution in [0.15, 0.2) is 28.2 Å². The SMILES string of the molecule is CC(C)(O)C1CCCN1Cc1coc(-c2cccs2)n1. The Morgan fingerprint density at radius 3 is 3.10 bits per heavy atom. The highest BCUT2D eigenvalue weighted by molar-refractivity contribution is 7.13. The predicted octanol–water partition coefficient (Wildman–Crippen LogP) is 3.14. The Morgan fingerprint density at radius 2 is 2.40 bits per heavy atom. The number of hydrogen-bond acceptors (Lipinski definition) is 5. The number of likely N-dealkylation sites (tertiary alicyclic amines) is 1. The number of rotatable bonds is 4. The van der Waals surface area contributed by atoms with E-state index in [-0.39, 0.29) is 6.04 Å². The van der Waals surface area contributed by atoms with E-state index in [0.717, 1.165) is 36.5 Å². The minimum atomic E-state index is -0.670.